The molecule has 0 bridgehead atoms. The summed E-state index contributed by atoms with van der Waals surface area (Å²) in [6.07, 6.45) is 0. The summed E-state index contributed by atoms with van der Waals surface area (Å²) in [6, 6.07) is 7.85. The Kier molecular flexibility index (Phi) is 5.86. The number of anilines is 1. The lowest BCUT2D eigenvalue weighted by Gasteiger charge is -2.36. The Bertz CT molecular complexity index is 742. The van der Waals surface area contributed by atoms with E-state index in [1.165, 1.54) is 11.8 Å². The monoisotopic (exact) mass is 379 g/mol. The smallest absolute Gasteiger partial charge is 0.233 e. The van der Waals surface area contributed by atoms with Crippen molar-refractivity contribution in [2.24, 2.45) is 0 Å². The van der Waals surface area contributed by atoms with Crippen molar-refractivity contribution < 1.29 is 4.79 Å². The van der Waals surface area contributed by atoms with Crippen molar-refractivity contribution in [1.82, 2.24) is 19.7 Å². The Morgan fingerprint density at radius 2 is 2.00 bits per heavy atom. The van der Waals surface area contributed by atoms with E-state index in [1.54, 1.807) is 0 Å². The zero-order valence-electron chi connectivity index (χ0n) is 14.5. The van der Waals surface area contributed by atoms with Crippen LogP contribution in [0.5, 0.6) is 0 Å². The van der Waals surface area contributed by atoms with E-state index in [-0.39, 0.29) is 5.91 Å². The van der Waals surface area contributed by atoms with E-state index in [9.17, 15) is 4.79 Å². The number of thioether (sulfide) groups is 1. The second-order valence-electron chi connectivity index (χ2n) is 5.91. The number of piperazine rings is 1. The number of hydrogen-bond donors (Lipinski definition) is 0. The van der Waals surface area contributed by atoms with Crippen molar-refractivity contribution in [2.75, 3.05) is 36.8 Å². The van der Waals surface area contributed by atoms with Gasteiger partial charge in [-0.3, -0.25) is 4.79 Å². The van der Waals surface area contributed by atoms with Crippen LogP contribution in [0.25, 0.3) is 0 Å². The first kappa shape index (κ1) is 18.1. The van der Waals surface area contributed by atoms with E-state index in [1.807, 2.05) is 34.6 Å². The largest absolute Gasteiger partial charge is 0.368 e. The molecule has 1 aliphatic rings. The fourth-order valence-corrected chi connectivity index (χ4v) is 4.07. The minimum absolute atomic E-state index is 0.152. The highest BCUT2D eigenvalue weighted by atomic mass is 35.5. The van der Waals surface area contributed by atoms with Crippen LogP contribution < -0.4 is 4.90 Å². The SMILES string of the molecule is CCn1c(C)nnc1SCC(=O)N1CCN(c2cccc(Cl)c2)CC1. The van der Waals surface area contributed by atoms with Crippen LogP contribution in [0.1, 0.15) is 12.7 Å². The molecule has 0 radical (unpaired) electrons. The van der Waals surface area contributed by atoms with Crippen LogP contribution in [0.15, 0.2) is 29.4 Å². The number of carbonyl (C=O) groups is 1. The summed E-state index contributed by atoms with van der Waals surface area (Å²) in [6.45, 7) is 7.89. The van der Waals surface area contributed by atoms with Crippen molar-refractivity contribution in [2.45, 2.75) is 25.5 Å². The molecule has 2 aromatic rings. The first-order valence-corrected chi connectivity index (χ1v) is 9.75. The Labute approximate surface area is 157 Å². The zero-order chi connectivity index (χ0) is 17.8. The normalized spacial score (nSPS) is 14.8. The van der Waals surface area contributed by atoms with Crippen molar-refractivity contribution in [1.29, 1.82) is 0 Å². The maximum atomic E-state index is 12.5. The highest BCUT2D eigenvalue weighted by Crippen LogP contribution is 2.22. The molecule has 0 spiro atoms. The second kappa shape index (κ2) is 8.10. The van der Waals surface area contributed by atoms with Gasteiger partial charge in [0.15, 0.2) is 5.16 Å². The number of carbonyl (C=O) groups excluding carboxylic acids is 1. The molecule has 134 valence electrons. The number of amides is 1. The van der Waals surface area contributed by atoms with Gasteiger partial charge >= 0.3 is 0 Å². The summed E-state index contributed by atoms with van der Waals surface area (Å²) in [7, 11) is 0. The lowest BCUT2D eigenvalue weighted by molar-refractivity contribution is -0.128. The van der Waals surface area contributed by atoms with Crippen LogP contribution in [0.3, 0.4) is 0 Å². The topological polar surface area (TPSA) is 54.3 Å². The molecule has 25 heavy (non-hydrogen) atoms. The molecule has 3 rings (SSSR count). The van der Waals surface area contributed by atoms with E-state index in [0.717, 1.165) is 54.4 Å². The molecule has 0 aliphatic carbocycles. The van der Waals surface area contributed by atoms with Gasteiger partial charge in [-0.2, -0.15) is 0 Å². The first-order chi connectivity index (χ1) is 12.1. The Morgan fingerprint density at radius 1 is 1.24 bits per heavy atom. The number of hydrogen-bond acceptors (Lipinski definition) is 5. The number of aromatic nitrogens is 3. The predicted octanol–water partition coefficient (Wildman–Crippen LogP) is 2.70. The fourth-order valence-electron chi connectivity index (χ4n) is 2.94. The Morgan fingerprint density at radius 3 is 2.68 bits per heavy atom. The molecule has 1 aromatic carbocycles. The molecule has 6 nitrogen and oxygen atoms in total. The number of benzene rings is 1. The summed E-state index contributed by atoms with van der Waals surface area (Å²) in [5.74, 6) is 1.43. The van der Waals surface area contributed by atoms with Crippen LogP contribution in [0.2, 0.25) is 5.02 Å². The zero-order valence-corrected chi connectivity index (χ0v) is 16.1. The molecular formula is C17H22ClN5OS. The van der Waals surface area contributed by atoms with Gasteiger partial charge in [0, 0.05) is 43.4 Å². The maximum absolute atomic E-state index is 12.5. The number of nitrogens with zero attached hydrogens (tertiary/aromatic N) is 5. The van der Waals surface area contributed by atoms with Crippen LogP contribution in [-0.4, -0.2) is 57.5 Å². The van der Waals surface area contributed by atoms with E-state index in [0.29, 0.717) is 5.75 Å². The molecule has 8 heteroatoms. The summed E-state index contributed by atoms with van der Waals surface area (Å²) in [5.41, 5.74) is 1.11. The predicted molar refractivity (Wildman–Crippen MR) is 101 cm³/mol. The molecule has 1 saturated heterocycles. The van der Waals surface area contributed by atoms with E-state index in [2.05, 4.69) is 28.1 Å². The van der Waals surface area contributed by atoms with Gasteiger partial charge in [0.25, 0.3) is 0 Å². The third-order valence-electron chi connectivity index (χ3n) is 4.35. The molecular weight excluding hydrogens is 358 g/mol. The van der Waals surface area contributed by atoms with Gasteiger partial charge in [0.2, 0.25) is 5.91 Å². The Balaban J connectivity index is 1.51. The summed E-state index contributed by atoms with van der Waals surface area (Å²) in [4.78, 5) is 16.7. The fraction of sp³-hybridized carbons (Fsp3) is 0.471. The van der Waals surface area contributed by atoms with Crippen molar-refractivity contribution in [3.63, 3.8) is 0 Å². The number of aryl methyl sites for hydroxylation is 1. The number of rotatable bonds is 5. The quantitative estimate of drug-likeness (QED) is 0.747. The molecule has 0 atom stereocenters. The van der Waals surface area contributed by atoms with Crippen LogP contribution in [0, 0.1) is 6.92 Å². The molecule has 0 saturated carbocycles. The molecule has 0 N–H and O–H groups in total. The Hall–Kier alpha value is -1.73. The molecule has 0 unspecified atom stereocenters. The third kappa shape index (κ3) is 4.27. The van der Waals surface area contributed by atoms with Gasteiger partial charge < -0.3 is 14.4 Å². The van der Waals surface area contributed by atoms with E-state index in [4.69, 9.17) is 11.6 Å². The third-order valence-corrected chi connectivity index (χ3v) is 5.54. The highest BCUT2D eigenvalue weighted by Gasteiger charge is 2.22. The molecule has 1 aromatic heterocycles. The van der Waals surface area contributed by atoms with Crippen molar-refractivity contribution in [3.8, 4) is 0 Å². The lowest BCUT2D eigenvalue weighted by Crippen LogP contribution is -2.49. The van der Waals surface area contributed by atoms with E-state index >= 15 is 0 Å². The average molecular weight is 380 g/mol. The summed E-state index contributed by atoms with van der Waals surface area (Å²) < 4.78 is 2.02. The van der Waals surface area contributed by atoms with E-state index < -0.39 is 0 Å². The lowest BCUT2D eigenvalue weighted by atomic mass is 10.2. The maximum Gasteiger partial charge on any atom is 0.233 e. The average Bonchev–Trinajstić information content (AvgIpc) is 2.99. The van der Waals surface area contributed by atoms with Crippen LogP contribution in [-0.2, 0) is 11.3 Å². The van der Waals surface area contributed by atoms with Crippen molar-refractivity contribution >= 4 is 35.0 Å². The summed E-state index contributed by atoms with van der Waals surface area (Å²) >= 11 is 7.52. The van der Waals surface area contributed by atoms with Gasteiger partial charge in [0.1, 0.15) is 5.82 Å². The summed E-state index contributed by atoms with van der Waals surface area (Å²) in [5, 5.41) is 9.78. The van der Waals surface area contributed by atoms with Crippen LogP contribution in [0.4, 0.5) is 5.69 Å². The standard InChI is InChI=1S/C17H22ClN5OS/c1-3-23-13(2)19-20-17(23)25-12-16(24)22-9-7-21(8-10-22)15-6-4-5-14(18)11-15/h4-6,11H,3,7-10,12H2,1-2H3. The molecule has 1 fully saturated rings. The van der Waals surface area contributed by atoms with Gasteiger partial charge in [-0.15, -0.1) is 10.2 Å². The van der Waals surface area contributed by atoms with Gasteiger partial charge in [-0.1, -0.05) is 29.4 Å². The van der Waals surface area contributed by atoms with Gasteiger partial charge in [-0.25, -0.2) is 0 Å². The molecule has 1 amide bonds. The van der Waals surface area contributed by atoms with Gasteiger partial charge in [0.05, 0.1) is 5.75 Å². The minimum Gasteiger partial charge on any atom is -0.368 e. The number of halogens is 1. The molecule has 1 aliphatic heterocycles. The second-order valence-corrected chi connectivity index (χ2v) is 7.29. The minimum atomic E-state index is 0.152. The molecule has 2 heterocycles. The van der Waals surface area contributed by atoms with Gasteiger partial charge in [-0.05, 0) is 32.0 Å². The highest BCUT2D eigenvalue weighted by molar-refractivity contribution is 7.99. The van der Waals surface area contributed by atoms with Crippen molar-refractivity contribution in [3.05, 3.63) is 35.1 Å². The first-order valence-electron chi connectivity index (χ1n) is 8.39. The van der Waals surface area contributed by atoms with Crippen LogP contribution >= 0.6 is 23.4 Å².